The van der Waals surface area contributed by atoms with E-state index >= 15 is 0 Å². The molecule has 0 amide bonds. The van der Waals surface area contributed by atoms with Crippen LogP contribution in [0.15, 0.2) is 22.7 Å². The quantitative estimate of drug-likeness (QED) is 0.890. The summed E-state index contributed by atoms with van der Waals surface area (Å²) >= 11 is 3.14. The molecular weight excluding hydrogens is 257 g/mol. The van der Waals surface area contributed by atoms with E-state index in [4.69, 9.17) is 5.73 Å². The summed E-state index contributed by atoms with van der Waals surface area (Å²) in [6.45, 7) is 0. The van der Waals surface area contributed by atoms with Crippen LogP contribution >= 0.6 is 15.9 Å². The molecule has 3 heteroatoms. The zero-order valence-corrected chi connectivity index (χ0v) is 10.1. The van der Waals surface area contributed by atoms with Gasteiger partial charge in [-0.2, -0.15) is 0 Å². The Morgan fingerprint density at radius 2 is 2.20 bits per heavy atom. The van der Waals surface area contributed by atoms with Crippen LogP contribution in [-0.4, -0.2) is 0 Å². The molecule has 0 spiro atoms. The largest absolute Gasteiger partial charge is 0.324 e. The van der Waals surface area contributed by atoms with Gasteiger partial charge in [0.25, 0.3) is 0 Å². The predicted molar refractivity (Wildman–Crippen MR) is 63.0 cm³/mol. The molecule has 1 saturated carbocycles. The topological polar surface area (TPSA) is 26.0 Å². The maximum absolute atomic E-state index is 13.3. The summed E-state index contributed by atoms with van der Waals surface area (Å²) in [6.07, 6.45) is 4.88. The molecule has 0 bridgehead atoms. The summed E-state index contributed by atoms with van der Waals surface area (Å²) in [4.78, 5) is 0. The lowest BCUT2D eigenvalue weighted by atomic mass is 9.80. The maximum atomic E-state index is 13.3. The Hall–Kier alpha value is -0.410. The molecule has 1 nitrogen and oxygen atoms in total. The second kappa shape index (κ2) is 4.62. The molecule has 1 aromatic rings. The smallest absolute Gasteiger partial charge is 0.137 e. The standard InChI is InChI=1S/C12H15BrFN/c13-10-5-4-9(7-11(10)14)12(15)6-8-2-1-3-8/h4-5,7-8,12H,1-3,6,15H2. The lowest BCUT2D eigenvalue weighted by molar-refractivity contribution is 0.277. The Morgan fingerprint density at radius 3 is 2.73 bits per heavy atom. The lowest BCUT2D eigenvalue weighted by Gasteiger charge is -2.28. The summed E-state index contributed by atoms with van der Waals surface area (Å²) in [5.41, 5.74) is 6.95. The number of hydrogen-bond donors (Lipinski definition) is 1. The zero-order valence-electron chi connectivity index (χ0n) is 8.55. The summed E-state index contributed by atoms with van der Waals surface area (Å²) in [5, 5.41) is 0. The molecule has 15 heavy (non-hydrogen) atoms. The van der Waals surface area contributed by atoms with Crippen molar-refractivity contribution in [2.24, 2.45) is 11.7 Å². The van der Waals surface area contributed by atoms with E-state index in [9.17, 15) is 4.39 Å². The molecule has 1 aromatic carbocycles. The summed E-state index contributed by atoms with van der Waals surface area (Å²) in [6, 6.07) is 5.15. The highest BCUT2D eigenvalue weighted by molar-refractivity contribution is 9.10. The number of nitrogens with two attached hydrogens (primary N) is 1. The third-order valence-electron chi connectivity index (χ3n) is 3.18. The third kappa shape index (κ3) is 2.58. The zero-order chi connectivity index (χ0) is 10.8. The van der Waals surface area contributed by atoms with Crippen LogP contribution < -0.4 is 5.73 Å². The molecule has 0 heterocycles. The first-order chi connectivity index (χ1) is 7.16. The van der Waals surface area contributed by atoms with Crippen molar-refractivity contribution in [3.63, 3.8) is 0 Å². The van der Waals surface area contributed by atoms with Gasteiger partial charge < -0.3 is 5.73 Å². The van der Waals surface area contributed by atoms with Crippen molar-refractivity contribution < 1.29 is 4.39 Å². The fourth-order valence-electron chi connectivity index (χ4n) is 1.97. The van der Waals surface area contributed by atoms with E-state index < -0.39 is 0 Å². The second-order valence-electron chi connectivity index (χ2n) is 4.31. The van der Waals surface area contributed by atoms with Gasteiger partial charge in [-0.25, -0.2) is 4.39 Å². The fourth-order valence-corrected chi connectivity index (χ4v) is 2.21. The van der Waals surface area contributed by atoms with Crippen molar-refractivity contribution in [1.29, 1.82) is 0 Å². The van der Waals surface area contributed by atoms with Crippen molar-refractivity contribution in [3.05, 3.63) is 34.1 Å². The summed E-state index contributed by atoms with van der Waals surface area (Å²) in [5.74, 6) is 0.531. The molecule has 1 atom stereocenters. The van der Waals surface area contributed by atoms with Crippen LogP contribution in [-0.2, 0) is 0 Å². The van der Waals surface area contributed by atoms with Crippen molar-refractivity contribution in [1.82, 2.24) is 0 Å². The van der Waals surface area contributed by atoms with Gasteiger partial charge >= 0.3 is 0 Å². The predicted octanol–water partition coefficient (Wildman–Crippen LogP) is 3.78. The van der Waals surface area contributed by atoms with E-state index in [0.29, 0.717) is 4.47 Å². The van der Waals surface area contributed by atoms with Crippen LogP contribution in [0.1, 0.15) is 37.3 Å². The van der Waals surface area contributed by atoms with Crippen molar-refractivity contribution in [2.45, 2.75) is 31.7 Å². The summed E-state index contributed by atoms with van der Waals surface area (Å²) in [7, 11) is 0. The van der Waals surface area contributed by atoms with Crippen LogP contribution in [0.3, 0.4) is 0 Å². The monoisotopic (exact) mass is 271 g/mol. The molecule has 1 fully saturated rings. The van der Waals surface area contributed by atoms with E-state index in [1.165, 1.54) is 25.3 Å². The number of rotatable bonds is 3. The highest BCUT2D eigenvalue weighted by Crippen LogP contribution is 2.34. The molecule has 0 saturated heterocycles. The van der Waals surface area contributed by atoms with Gasteiger partial charge in [0.15, 0.2) is 0 Å². The Kier molecular flexibility index (Phi) is 3.42. The maximum Gasteiger partial charge on any atom is 0.137 e. The Balaban J connectivity index is 2.03. The fraction of sp³-hybridized carbons (Fsp3) is 0.500. The molecule has 1 aliphatic rings. The molecule has 0 radical (unpaired) electrons. The molecule has 82 valence electrons. The van der Waals surface area contributed by atoms with Gasteiger partial charge in [-0.15, -0.1) is 0 Å². The Morgan fingerprint density at radius 1 is 1.47 bits per heavy atom. The minimum Gasteiger partial charge on any atom is -0.324 e. The lowest BCUT2D eigenvalue weighted by Crippen LogP contribution is -2.20. The van der Waals surface area contributed by atoms with Crippen LogP contribution in [0.4, 0.5) is 4.39 Å². The Labute approximate surface area is 98.0 Å². The third-order valence-corrected chi connectivity index (χ3v) is 3.83. The van der Waals surface area contributed by atoms with E-state index in [0.717, 1.165) is 17.9 Å². The molecule has 0 aliphatic heterocycles. The van der Waals surface area contributed by atoms with Gasteiger partial charge in [-0.05, 0) is 46.0 Å². The van der Waals surface area contributed by atoms with Gasteiger partial charge in [0, 0.05) is 6.04 Å². The van der Waals surface area contributed by atoms with E-state index in [-0.39, 0.29) is 11.9 Å². The van der Waals surface area contributed by atoms with Gasteiger partial charge in [0.05, 0.1) is 4.47 Å². The highest BCUT2D eigenvalue weighted by Gasteiger charge is 2.21. The molecule has 2 N–H and O–H groups in total. The van der Waals surface area contributed by atoms with Crippen LogP contribution in [0, 0.1) is 11.7 Å². The molecule has 2 rings (SSSR count). The van der Waals surface area contributed by atoms with Gasteiger partial charge in [-0.1, -0.05) is 25.3 Å². The van der Waals surface area contributed by atoms with Gasteiger partial charge in [0.2, 0.25) is 0 Å². The first-order valence-electron chi connectivity index (χ1n) is 5.37. The second-order valence-corrected chi connectivity index (χ2v) is 5.17. The van der Waals surface area contributed by atoms with Crippen LogP contribution in [0.2, 0.25) is 0 Å². The molecular formula is C12H15BrFN. The molecule has 0 aromatic heterocycles. The molecule has 1 aliphatic carbocycles. The normalized spacial score (nSPS) is 18.6. The average Bonchev–Trinajstić information content (AvgIpc) is 2.15. The number of hydrogen-bond acceptors (Lipinski definition) is 1. The first-order valence-corrected chi connectivity index (χ1v) is 6.16. The van der Waals surface area contributed by atoms with E-state index in [1.807, 2.05) is 6.07 Å². The van der Waals surface area contributed by atoms with Crippen molar-refractivity contribution >= 4 is 15.9 Å². The minimum atomic E-state index is -0.225. The van der Waals surface area contributed by atoms with Crippen molar-refractivity contribution in [3.8, 4) is 0 Å². The SMILES string of the molecule is NC(CC1CCC1)c1ccc(Br)c(F)c1. The number of benzene rings is 1. The summed E-state index contributed by atoms with van der Waals surface area (Å²) < 4.78 is 13.8. The first kappa shape index (κ1) is 11.1. The van der Waals surface area contributed by atoms with Crippen LogP contribution in [0.25, 0.3) is 0 Å². The van der Waals surface area contributed by atoms with E-state index in [1.54, 1.807) is 6.07 Å². The van der Waals surface area contributed by atoms with Crippen molar-refractivity contribution in [2.75, 3.05) is 0 Å². The van der Waals surface area contributed by atoms with Crippen LogP contribution in [0.5, 0.6) is 0 Å². The Bertz CT molecular complexity index is 349. The minimum absolute atomic E-state index is 0.0158. The van der Waals surface area contributed by atoms with Gasteiger partial charge in [-0.3, -0.25) is 0 Å². The average molecular weight is 272 g/mol. The number of halogens is 2. The van der Waals surface area contributed by atoms with E-state index in [2.05, 4.69) is 15.9 Å². The molecule has 1 unspecified atom stereocenters. The van der Waals surface area contributed by atoms with Gasteiger partial charge in [0.1, 0.15) is 5.82 Å². The highest BCUT2D eigenvalue weighted by atomic mass is 79.9.